The second-order valence-corrected chi connectivity index (χ2v) is 11.3. The fourth-order valence-electron chi connectivity index (χ4n) is 7.39. The lowest BCUT2D eigenvalue weighted by Gasteiger charge is -2.56. The Kier molecular flexibility index (Phi) is 6.54. The minimum atomic E-state index is -0.202. The Morgan fingerprint density at radius 3 is 2.12 bits per heavy atom. The molecule has 4 aliphatic carbocycles. The SMILES string of the molecule is CCCN(CC(=O)N(Cc1ccccc1)Cc1cccn1C)C(=O)C12CC3CC(CC(C3)C1)C2. The number of amides is 2. The minimum absolute atomic E-state index is 0.0385. The quantitative estimate of drug-likeness (QED) is 0.527. The zero-order valence-electron chi connectivity index (χ0n) is 20.8. The largest absolute Gasteiger partial charge is 0.353 e. The van der Waals surface area contributed by atoms with Crippen molar-refractivity contribution >= 4 is 11.8 Å². The topological polar surface area (TPSA) is 45.6 Å². The van der Waals surface area contributed by atoms with Crippen LogP contribution in [0.15, 0.2) is 48.7 Å². The fraction of sp³-hybridized carbons (Fsp3) is 0.586. The Labute approximate surface area is 204 Å². The zero-order chi connectivity index (χ0) is 23.7. The molecule has 182 valence electrons. The predicted octanol–water partition coefficient (Wildman–Crippen LogP) is 5.01. The number of rotatable bonds is 9. The van der Waals surface area contributed by atoms with Gasteiger partial charge in [-0.05, 0) is 80.4 Å². The second kappa shape index (κ2) is 9.59. The average Bonchev–Trinajstić information content (AvgIpc) is 3.22. The summed E-state index contributed by atoms with van der Waals surface area (Å²) in [6.07, 6.45) is 9.99. The van der Waals surface area contributed by atoms with Crippen LogP contribution in [0.3, 0.4) is 0 Å². The van der Waals surface area contributed by atoms with Gasteiger partial charge in [-0.1, -0.05) is 37.3 Å². The van der Waals surface area contributed by atoms with Crippen molar-refractivity contribution in [2.24, 2.45) is 30.2 Å². The Morgan fingerprint density at radius 2 is 1.56 bits per heavy atom. The maximum atomic E-state index is 14.0. The summed E-state index contributed by atoms with van der Waals surface area (Å²) >= 11 is 0. The van der Waals surface area contributed by atoms with E-state index < -0.39 is 0 Å². The van der Waals surface area contributed by atoms with Crippen molar-refractivity contribution < 1.29 is 9.59 Å². The maximum Gasteiger partial charge on any atom is 0.242 e. The first kappa shape index (κ1) is 23.2. The summed E-state index contributed by atoms with van der Waals surface area (Å²) in [5.74, 6) is 2.47. The number of aryl methyl sites for hydroxylation is 1. The first-order valence-corrected chi connectivity index (χ1v) is 13.2. The smallest absolute Gasteiger partial charge is 0.242 e. The van der Waals surface area contributed by atoms with E-state index in [1.54, 1.807) is 0 Å². The molecule has 2 amide bonds. The van der Waals surface area contributed by atoms with Crippen molar-refractivity contribution in [1.82, 2.24) is 14.4 Å². The van der Waals surface area contributed by atoms with Gasteiger partial charge in [0.25, 0.3) is 0 Å². The van der Waals surface area contributed by atoms with Crippen molar-refractivity contribution in [2.45, 2.75) is 65.0 Å². The summed E-state index contributed by atoms with van der Waals surface area (Å²) in [5.41, 5.74) is 2.00. The van der Waals surface area contributed by atoms with Gasteiger partial charge in [-0.15, -0.1) is 0 Å². The van der Waals surface area contributed by atoms with Crippen molar-refractivity contribution in [3.63, 3.8) is 0 Å². The Morgan fingerprint density at radius 1 is 0.912 bits per heavy atom. The van der Waals surface area contributed by atoms with E-state index in [4.69, 9.17) is 0 Å². The summed E-state index contributed by atoms with van der Waals surface area (Å²) in [5, 5.41) is 0. The van der Waals surface area contributed by atoms with Crippen LogP contribution in [0.4, 0.5) is 0 Å². The number of benzene rings is 1. The van der Waals surface area contributed by atoms with Crippen LogP contribution in [-0.2, 0) is 29.7 Å². The molecule has 4 aliphatic rings. The Balaban J connectivity index is 1.34. The normalized spacial score (nSPS) is 27.1. The van der Waals surface area contributed by atoms with Gasteiger partial charge < -0.3 is 14.4 Å². The van der Waals surface area contributed by atoms with Gasteiger partial charge in [0.15, 0.2) is 0 Å². The van der Waals surface area contributed by atoms with E-state index in [1.165, 1.54) is 19.3 Å². The standard InChI is InChI=1S/C29H39N3O2/c1-3-11-31(28(34)29-16-23-13-24(17-29)15-25(14-23)18-29)21-27(33)32(19-22-8-5-4-6-9-22)20-26-10-7-12-30(26)2/h4-10,12,23-25H,3,11,13-21H2,1-2H3. The molecule has 34 heavy (non-hydrogen) atoms. The van der Waals surface area contributed by atoms with Crippen molar-refractivity contribution in [2.75, 3.05) is 13.1 Å². The highest BCUT2D eigenvalue weighted by Gasteiger charge is 2.55. The molecule has 4 saturated carbocycles. The van der Waals surface area contributed by atoms with E-state index in [0.717, 1.165) is 54.7 Å². The number of carbonyl (C=O) groups is 2. The number of nitrogens with zero attached hydrogens (tertiary/aromatic N) is 3. The molecule has 1 aromatic carbocycles. The van der Waals surface area contributed by atoms with Crippen LogP contribution in [0.2, 0.25) is 0 Å². The van der Waals surface area contributed by atoms with Gasteiger partial charge in [-0.25, -0.2) is 0 Å². The molecule has 0 unspecified atom stereocenters. The number of carbonyl (C=O) groups excluding carboxylic acids is 2. The third-order valence-electron chi connectivity index (χ3n) is 8.57. The molecule has 0 aliphatic heterocycles. The lowest BCUT2D eigenvalue weighted by atomic mass is 9.49. The molecule has 4 bridgehead atoms. The van der Waals surface area contributed by atoms with E-state index in [0.29, 0.717) is 19.6 Å². The molecule has 0 atom stereocenters. The van der Waals surface area contributed by atoms with Crippen LogP contribution in [0.25, 0.3) is 0 Å². The van der Waals surface area contributed by atoms with Crippen molar-refractivity contribution in [3.05, 3.63) is 59.9 Å². The van der Waals surface area contributed by atoms with Gasteiger partial charge in [0.05, 0.1) is 18.5 Å². The lowest BCUT2D eigenvalue weighted by Crippen LogP contribution is -2.56. The van der Waals surface area contributed by atoms with E-state index in [9.17, 15) is 9.59 Å². The van der Waals surface area contributed by atoms with Crippen LogP contribution in [-0.4, -0.2) is 39.3 Å². The molecule has 2 aromatic rings. The summed E-state index contributed by atoms with van der Waals surface area (Å²) in [6.45, 7) is 4.05. The molecule has 5 nitrogen and oxygen atoms in total. The average molecular weight is 462 g/mol. The van der Waals surface area contributed by atoms with Gasteiger partial charge in [0, 0.05) is 32.0 Å². The highest BCUT2D eigenvalue weighted by atomic mass is 16.2. The lowest BCUT2D eigenvalue weighted by molar-refractivity contribution is -0.160. The van der Waals surface area contributed by atoms with Crippen LogP contribution in [0.1, 0.15) is 63.1 Å². The van der Waals surface area contributed by atoms with Gasteiger partial charge in [-0.3, -0.25) is 9.59 Å². The minimum Gasteiger partial charge on any atom is -0.353 e. The van der Waals surface area contributed by atoms with Crippen LogP contribution in [0.5, 0.6) is 0 Å². The number of aromatic nitrogens is 1. The van der Waals surface area contributed by atoms with Gasteiger partial charge >= 0.3 is 0 Å². The third-order valence-corrected chi connectivity index (χ3v) is 8.57. The summed E-state index contributed by atoms with van der Waals surface area (Å²) in [7, 11) is 2.01. The first-order valence-electron chi connectivity index (χ1n) is 13.2. The fourth-order valence-corrected chi connectivity index (χ4v) is 7.39. The first-order chi connectivity index (χ1) is 16.5. The second-order valence-electron chi connectivity index (χ2n) is 11.3. The van der Waals surface area contributed by atoms with E-state index >= 15 is 0 Å². The Bertz CT molecular complexity index is 976. The number of hydrogen-bond acceptors (Lipinski definition) is 2. The monoisotopic (exact) mass is 461 g/mol. The van der Waals surface area contributed by atoms with E-state index in [2.05, 4.69) is 29.7 Å². The van der Waals surface area contributed by atoms with Crippen molar-refractivity contribution in [1.29, 1.82) is 0 Å². The summed E-state index contributed by atoms with van der Waals surface area (Å²) in [6, 6.07) is 14.2. The van der Waals surface area contributed by atoms with E-state index in [-0.39, 0.29) is 23.8 Å². The third kappa shape index (κ3) is 4.67. The van der Waals surface area contributed by atoms with Crippen LogP contribution >= 0.6 is 0 Å². The molecule has 0 saturated heterocycles. The van der Waals surface area contributed by atoms with Gasteiger partial charge in [0.2, 0.25) is 11.8 Å². The Hall–Kier alpha value is -2.56. The molecule has 1 heterocycles. The molecule has 1 aromatic heterocycles. The van der Waals surface area contributed by atoms with Crippen molar-refractivity contribution in [3.8, 4) is 0 Å². The predicted molar refractivity (Wildman–Crippen MR) is 134 cm³/mol. The molecular weight excluding hydrogens is 422 g/mol. The highest BCUT2D eigenvalue weighted by Crippen LogP contribution is 2.60. The molecule has 6 rings (SSSR count). The molecule has 0 radical (unpaired) electrons. The summed E-state index contributed by atoms with van der Waals surface area (Å²) < 4.78 is 2.07. The maximum absolute atomic E-state index is 14.0. The van der Waals surface area contributed by atoms with Crippen LogP contribution in [0, 0.1) is 23.2 Å². The molecule has 5 heteroatoms. The number of hydrogen-bond donors (Lipinski definition) is 0. The van der Waals surface area contributed by atoms with Gasteiger partial charge in [0.1, 0.15) is 0 Å². The highest BCUT2D eigenvalue weighted by molar-refractivity contribution is 5.88. The molecule has 0 spiro atoms. The zero-order valence-corrected chi connectivity index (χ0v) is 20.8. The van der Waals surface area contributed by atoms with Gasteiger partial charge in [-0.2, -0.15) is 0 Å². The molecule has 0 N–H and O–H groups in total. The molecule has 4 fully saturated rings. The van der Waals surface area contributed by atoms with E-state index in [1.807, 2.05) is 47.3 Å². The van der Waals surface area contributed by atoms with Crippen LogP contribution < -0.4 is 0 Å². The summed E-state index contributed by atoms with van der Waals surface area (Å²) in [4.78, 5) is 31.6. The molecular formula is C29H39N3O2.